The molecule has 0 aliphatic carbocycles. The molecule has 2 aromatic rings. The Morgan fingerprint density at radius 1 is 1.24 bits per heavy atom. The van der Waals surface area contributed by atoms with Crippen molar-refractivity contribution in [3.8, 4) is 0 Å². The molecule has 7 nitrogen and oxygen atoms in total. The average Bonchev–Trinajstić information content (AvgIpc) is 3.08. The van der Waals surface area contributed by atoms with Gasteiger partial charge in [0.1, 0.15) is 5.82 Å². The molecule has 1 fully saturated rings. The third-order valence-corrected chi connectivity index (χ3v) is 3.76. The zero-order valence-corrected chi connectivity index (χ0v) is 12.8. The second kappa shape index (κ2) is 5.48. The van der Waals surface area contributed by atoms with Crippen LogP contribution in [0.15, 0.2) is 18.5 Å². The average molecular weight is 287 g/mol. The summed E-state index contributed by atoms with van der Waals surface area (Å²) < 4.78 is 1.90. The van der Waals surface area contributed by atoms with E-state index in [1.165, 1.54) is 0 Å². The van der Waals surface area contributed by atoms with Crippen molar-refractivity contribution >= 4 is 0 Å². The summed E-state index contributed by atoms with van der Waals surface area (Å²) in [5, 5.41) is 12.2. The largest absolute Gasteiger partial charge is 0.286 e. The summed E-state index contributed by atoms with van der Waals surface area (Å²) >= 11 is 0. The van der Waals surface area contributed by atoms with Crippen molar-refractivity contribution in [2.75, 3.05) is 6.54 Å². The Morgan fingerprint density at radius 2 is 2.00 bits per heavy atom. The van der Waals surface area contributed by atoms with E-state index in [9.17, 15) is 0 Å². The van der Waals surface area contributed by atoms with E-state index >= 15 is 0 Å². The first-order valence-corrected chi connectivity index (χ1v) is 7.34. The van der Waals surface area contributed by atoms with Gasteiger partial charge in [0.25, 0.3) is 0 Å². The molecular weight excluding hydrogens is 266 g/mol. The van der Waals surface area contributed by atoms with E-state index in [2.05, 4.69) is 51.2 Å². The lowest BCUT2D eigenvalue weighted by molar-refractivity contribution is 0.218. The fourth-order valence-electron chi connectivity index (χ4n) is 2.80. The lowest BCUT2D eigenvalue weighted by atomic mass is 10.1. The van der Waals surface area contributed by atoms with Crippen molar-refractivity contribution in [1.29, 1.82) is 0 Å². The molecule has 7 heteroatoms. The number of aromatic nitrogens is 6. The van der Waals surface area contributed by atoms with Gasteiger partial charge < -0.3 is 0 Å². The van der Waals surface area contributed by atoms with Crippen LogP contribution in [0.4, 0.5) is 0 Å². The van der Waals surface area contributed by atoms with Crippen LogP contribution < -0.4 is 0 Å². The predicted molar refractivity (Wildman–Crippen MR) is 77.2 cm³/mol. The Hall–Kier alpha value is -1.89. The molecule has 0 aromatic carbocycles. The SMILES string of the molecule is CC(C)(C)n1nnnc1CN1CCCC1c1ncccn1. The molecule has 3 heterocycles. The maximum Gasteiger partial charge on any atom is 0.165 e. The maximum absolute atomic E-state index is 4.40. The molecule has 0 bridgehead atoms. The van der Waals surface area contributed by atoms with Gasteiger partial charge >= 0.3 is 0 Å². The van der Waals surface area contributed by atoms with Gasteiger partial charge in [-0.2, -0.15) is 0 Å². The molecule has 3 rings (SSSR count). The van der Waals surface area contributed by atoms with Crippen LogP contribution in [0.1, 0.15) is 51.3 Å². The van der Waals surface area contributed by atoms with Crippen LogP contribution in [0.5, 0.6) is 0 Å². The Bertz CT molecular complexity index is 587. The van der Waals surface area contributed by atoms with Gasteiger partial charge in [0.15, 0.2) is 5.82 Å². The molecule has 1 unspecified atom stereocenters. The van der Waals surface area contributed by atoms with Gasteiger partial charge in [-0.15, -0.1) is 5.10 Å². The zero-order chi connectivity index (χ0) is 14.9. The smallest absolute Gasteiger partial charge is 0.165 e. The van der Waals surface area contributed by atoms with Crippen LogP contribution in [0.3, 0.4) is 0 Å². The molecule has 0 radical (unpaired) electrons. The van der Waals surface area contributed by atoms with Crippen molar-refractivity contribution in [3.05, 3.63) is 30.1 Å². The Balaban J connectivity index is 1.80. The summed E-state index contributed by atoms with van der Waals surface area (Å²) in [5.41, 5.74) is -0.114. The molecular formula is C14H21N7. The van der Waals surface area contributed by atoms with Gasteiger partial charge in [-0.05, 0) is 56.7 Å². The molecule has 112 valence electrons. The lowest BCUT2D eigenvalue weighted by Gasteiger charge is -2.25. The Morgan fingerprint density at radius 3 is 2.71 bits per heavy atom. The zero-order valence-electron chi connectivity index (χ0n) is 12.8. The van der Waals surface area contributed by atoms with E-state index in [1.54, 1.807) is 12.4 Å². The Kier molecular flexibility index (Phi) is 3.67. The number of hydrogen-bond acceptors (Lipinski definition) is 6. The summed E-state index contributed by atoms with van der Waals surface area (Å²) in [6, 6.07) is 2.11. The first-order chi connectivity index (χ1) is 10.1. The predicted octanol–water partition coefficient (Wildman–Crippen LogP) is 1.56. The standard InChI is InChI=1S/C14H21N7/c1-14(2,3)21-12(17-18-19-21)10-20-9-4-6-11(20)13-15-7-5-8-16-13/h5,7-8,11H,4,6,9-10H2,1-3H3. The van der Waals surface area contributed by atoms with Crippen LogP contribution in [-0.4, -0.2) is 41.6 Å². The van der Waals surface area contributed by atoms with Crippen molar-refractivity contribution < 1.29 is 0 Å². The highest BCUT2D eigenvalue weighted by atomic mass is 15.6. The fraction of sp³-hybridized carbons (Fsp3) is 0.643. The molecule has 0 saturated carbocycles. The highest BCUT2D eigenvalue weighted by molar-refractivity contribution is 5.01. The number of likely N-dealkylation sites (tertiary alicyclic amines) is 1. The first-order valence-electron chi connectivity index (χ1n) is 7.34. The van der Waals surface area contributed by atoms with Gasteiger partial charge in [0.2, 0.25) is 0 Å². The summed E-state index contributed by atoms with van der Waals surface area (Å²) in [5.74, 6) is 1.79. The van der Waals surface area contributed by atoms with Crippen molar-refractivity contribution in [3.63, 3.8) is 0 Å². The topological polar surface area (TPSA) is 72.6 Å². The normalized spacial score (nSPS) is 20.0. The number of tetrazole rings is 1. The summed E-state index contributed by atoms with van der Waals surface area (Å²) in [6.45, 7) is 8.07. The molecule has 1 saturated heterocycles. The van der Waals surface area contributed by atoms with Gasteiger partial charge in [-0.1, -0.05) is 0 Å². The first kappa shape index (κ1) is 14.1. The number of rotatable bonds is 3. The lowest BCUT2D eigenvalue weighted by Crippen LogP contribution is -2.30. The van der Waals surface area contributed by atoms with Crippen LogP contribution >= 0.6 is 0 Å². The van der Waals surface area contributed by atoms with E-state index in [0.29, 0.717) is 0 Å². The van der Waals surface area contributed by atoms with Crippen LogP contribution in [0, 0.1) is 0 Å². The fourth-order valence-corrected chi connectivity index (χ4v) is 2.80. The quantitative estimate of drug-likeness (QED) is 0.853. The molecule has 1 atom stereocenters. The molecule has 1 aliphatic rings. The van der Waals surface area contributed by atoms with Crippen LogP contribution in [-0.2, 0) is 12.1 Å². The summed E-state index contributed by atoms with van der Waals surface area (Å²) in [7, 11) is 0. The summed E-state index contributed by atoms with van der Waals surface area (Å²) in [6.07, 6.45) is 5.84. The van der Waals surface area contributed by atoms with Crippen molar-refractivity contribution in [2.45, 2.75) is 51.7 Å². The minimum Gasteiger partial charge on any atom is -0.286 e. The highest BCUT2D eigenvalue weighted by Gasteiger charge is 2.30. The molecule has 0 N–H and O–H groups in total. The Labute approximate surface area is 124 Å². The summed E-state index contributed by atoms with van der Waals surface area (Å²) in [4.78, 5) is 11.2. The highest BCUT2D eigenvalue weighted by Crippen LogP contribution is 2.30. The van der Waals surface area contributed by atoms with E-state index in [1.807, 2.05) is 10.7 Å². The third-order valence-electron chi connectivity index (χ3n) is 3.76. The monoisotopic (exact) mass is 287 g/mol. The van der Waals surface area contributed by atoms with Crippen LogP contribution in [0.25, 0.3) is 0 Å². The second-order valence-electron chi connectivity index (χ2n) is 6.41. The van der Waals surface area contributed by atoms with Gasteiger partial charge in [0, 0.05) is 12.4 Å². The minimum absolute atomic E-state index is 0.114. The van der Waals surface area contributed by atoms with E-state index in [0.717, 1.165) is 37.6 Å². The molecule has 0 amide bonds. The third kappa shape index (κ3) is 2.92. The van der Waals surface area contributed by atoms with E-state index in [-0.39, 0.29) is 11.6 Å². The molecule has 1 aliphatic heterocycles. The van der Waals surface area contributed by atoms with Crippen LogP contribution in [0.2, 0.25) is 0 Å². The van der Waals surface area contributed by atoms with Gasteiger partial charge in [-0.3, -0.25) is 4.90 Å². The maximum atomic E-state index is 4.40. The van der Waals surface area contributed by atoms with Crippen molar-refractivity contribution in [2.24, 2.45) is 0 Å². The van der Waals surface area contributed by atoms with E-state index in [4.69, 9.17) is 0 Å². The molecule has 21 heavy (non-hydrogen) atoms. The minimum atomic E-state index is -0.114. The van der Waals surface area contributed by atoms with Crippen molar-refractivity contribution in [1.82, 2.24) is 35.1 Å². The molecule has 0 spiro atoms. The van der Waals surface area contributed by atoms with Gasteiger partial charge in [-0.25, -0.2) is 14.6 Å². The second-order valence-corrected chi connectivity index (χ2v) is 6.41. The number of hydrogen-bond donors (Lipinski definition) is 0. The van der Waals surface area contributed by atoms with Gasteiger partial charge in [0.05, 0.1) is 18.1 Å². The molecule has 2 aromatic heterocycles. The number of nitrogens with zero attached hydrogens (tertiary/aromatic N) is 7. The van der Waals surface area contributed by atoms with E-state index < -0.39 is 0 Å².